The van der Waals surface area contributed by atoms with Gasteiger partial charge < -0.3 is 4.90 Å². The van der Waals surface area contributed by atoms with Gasteiger partial charge in [0.25, 0.3) is 0 Å². The van der Waals surface area contributed by atoms with Gasteiger partial charge in [-0.3, -0.25) is 0 Å². The van der Waals surface area contributed by atoms with Crippen LogP contribution in [0, 0.1) is 11.3 Å². The minimum atomic E-state index is -3.20. The van der Waals surface area contributed by atoms with Gasteiger partial charge in [0, 0.05) is 29.3 Å². The highest BCUT2D eigenvalue weighted by Gasteiger charge is 2.32. The van der Waals surface area contributed by atoms with Crippen molar-refractivity contribution in [1.29, 1.82) is 5.26 Å². The summed E-state index contributed by atoms with van der Waals surface area (Å²) in [6.45, 7) is 0.610. The molecule has 1 aromatic rings. The van der Waals surface area contributed by atoms with Gasteiger partial charge in [0.05, 0.1) is 11.3 Å². The SMILES string of the molecule is CS(=O)(=O)C1CSCCN1c1ccc(Cl)cc1C#N. The lowest BCUT2D eigenvalue weighted by atomic mass is 10.1. The van der Waals surface area contributed by atoms with Gasteiger partial charge in [-0.15, -0.1) is 0 Å². The van der Waals surface area contributed by atoms with Crippen LogP contribution in [0.15, 0.2) is 18.2 Å². The Morgan fingerprint density at radius 1 is 1.53 bits per heavy atom. The summed E-state index contributed by atoms with van der Waals surface area (Å²) in [6, 6.07) is 7.04. The number of sulfone groups is 1. The van der Waals surface area contributed by atoms with Crippen LogP contribution < -0.4 is 4.90 Å². The Bertz CT molecular complexity index is 625. The molecule has 0 aliphatic carbocycles. The van der Waals surface area contributed by atoms with E-state index in [2.05, 4.69) is 6.07 Å². The maximum absolute atomic E-state index is 11.9. The highest BCUT2D eigenvalue weighted by atomic mass is 35.5. The van der Waals surface area contributed by atoms with Crippen LogP contribution in [0.3, 0.4) is 0 Å². The van der Waals surface area contributed by atoms with E-state index in [-0.39, 0.29) is 0 Å². The van der Waals surface area contributed by atoms with Gasteiger partial charge in [0.2, 0.25) is 0 Å². The Morgan fingerprint density at radius 2 is 2.26 bits per heavy atom. The minimum Gasteiger partial charge on any atom is -0.352 e. The fourth-order valence-corrected chi connectivity index (χ4v) is 5.06. The lowest BCUT2D eigenvalue weighted by molar-refractivity contribution is 0.584. The lowest BCUT2D eigenvalue weighted by Crippen LogP contribution is -2.47. The molecule has 0 bridgehead atoms. The number of hydrogen-bond donors (Lipinski definition) is 0. The second-order valence-electron chi connectivity index (χ2n) is 4.33. The van der Waals surface area contributed by atoms with Gasteiger partial charge >= 0.3 is 0 Å². The summed E-state index contributed by atoms with van der Waals surface area (Å²) in [5.41, 5.74) is 1.05. The van der Waals surface area contributed by atoms with Gasteiger partial charge in [-0.25, -0.2) is 8.42 Å². The molecule has 0 N–H and O–H groups in total. The first-order valence-corrected chi connectivity index (χ1v) is 9.15. The number of rotatable bonds is 2. The molecule has 102 valence electrons. The second kappa shape index (κ2) is 5.61. The normalized spacial score (nSPS) is 20.1. The van der Waals surface area contributed by atoms with E-state index in [1.807, 2.05) is 0 Å². The average molecular weight is 317 g/mol. The molecule has 7 heteroatoms. The number of thioether (sulfide) groups is 1. The molecule has 1 unspecified atom stereocenters. The Labute approximate surface area is 122 Å². The predicted octanol–water partition coefficient (Wildman–Crippen LogP) is 2.14. The number of benzene rings is 1. The van der Waals surface area contributed by atoms with E-state index < -0.39 is 15.2 Å². The molecule has 1 heterocycles. The molecule has 0 amide bonds. The van der Waals surface area contributed by atoms with Gasteiger partial charge in [0.1, 0.15) is 11.4 Å². The quantitative estimate of drug-likeness (QED) is 0.836. The molecule has 1 fully saturated rings. The molecular weight excluding hydrogens is 304 g/mol. The van der Waals surface area contributed by atoms with E-state index in [0.29, 0.717) is 28.6 Å². The summed E-state index contributed by atoms with van der Waals surface area (Å²) in [7, 11) is -3.20. The third-order valence-corrected chi connectivity index (χ3v) is 5.85. The Hall–Kier alpha value is -0.900. The number of hydrogen-bond acceptors (Lipinski definition) is 5. The molecule has 1 aliphatic rings. The minimum absolute atomic E-state index is 0.410. The summed E-state index contributed by atoms with van der Waals surface area (Å²) in [6.07, 6.45) is 1.23. The fourth-order valence-electron chi connectivity index (χ4n) is 2.06. The third kappa shape index (κ3) is 3.16. The topological polar surface area (TPSA) is 61.2 Å². The van der Waals surface area contributed by atoms with Gasteiger partial charge in [0.15, 0.2) is 9.84 Å². The molecule has 2 rings (SSSR count). The Balaban J connectivity index is 2.47. The molecule has 1 aromatic carbocycles. The summed E-state index contributed by atoms with van der Waals surface area (Å²) < 4.78 is 23.7. The van der Waals surface area contributed by atoms with Crippen molar-refractivity contribution in [1.82, 2.24) is 0 Å². The first-order valence-electron chi connectivity index (χ1n) is 5.66. The van der Waals surface area contributed by atoms with E-state index in [0.717, 1.165) is 5.75 Å². The maximum atomic E-state index is 11.9. The van der Waals surface area contributed by atoms with Crippen LogP contribution in [-0.4, -0.2) is 38.1 Å². The molecule has 0 aromatic heterocycles. The summed E-state index contributed by atoms with van der Waals surface area (Å²) in [5, 5.41) is 9.06. The first-order chi connectivity index (χ1) is 8.93. The molecule has 0 saturated carbocycles. The predicted molar refractivity (Wildman–Crippen MR) is 79.5 cm³/mol. The smallest absolute Gasteiger partial charge is 0.169 e. The summed E-state index contributed by atoms with van der Waals surface area (Å²) >= 11 is 7.48. The van der Waals surface area contributed by atoms with Crippen molar-refractivity contribution in [3.8, 4) is 6.07 Å². The van der Waals surface area contributed by atoms with Crippen LogP contribution in [0.25, 0.3) is 0 Å². The molecule has 0 spiro atoms. The zero-order valence-electron chi connectivity index (χ0n) is 10.3. The van der Waals surface area contributed by atoms with Crippen LogP contribution in [0.4, 0.5) is 5.69 Å². The van der Waals surface area contributed by atoms with E-state index in [9.17, 15) is 13.7 Å². The molecule has 1 saturated heterocycles. The number of nitriles is 1. The maximum Gasteiger partial charge on any atom is 0.169 e. The molecule has 1 atom stereocenters. The van der Waals surface area contributed by atoms with Crippen molar-refractivity contribution < 1.29 is 8.42 Å². The van der Waals surface area contributed by atoms with Gasteiger partial charge in [-0.05, 0) is 18.2 Å². The van der Waals surface area contributed by atoms with Crippen molar-refractivity contribution in [2.75, 3.05) is 29.2 Å². The zero-order chi connectivity index (χ0) is 14.0. The number of nitrogens with zero attached hydrogens (tertiary/aromatic N) is 2. The summed E-state index contributed by atoms with van der Waals surface area (Å²) in [4.78, 5) is 1.79. The summed E-state index contributed by atoms with van der Waals surface area (Å²) in [5.74, 6) is 1.37. The van der Waals surface area contributed by atoms with Crippen LogP contribution in [0.2, 0.25) is 5.02 Å². The lowest BCUT2D eigenvalue weighted by Gasteiger charge is -2.36. The number of halogens is 1. The standard InChI is InChI=1S/C12H13ClN2O2S2/c1-19(16,17)12-8-18-5-4-15(12)11-3-2-10(13)6-9(11)7-14/h2-3,6,12H,4-5,8H2,1H3. The first kappa shape index (κ1) is 14.5. The Morgan fingerprint density at radius 3 is 2.89 bits per heavy atom. The largest absolute Gasteiger partial charge is 0.352 e. The van der Waals surface area contributed by atoms with Crippen molar-refractivity contribution in [2.45, 2.75) is 5.37 Å². The van der Waals surface area contributed by atoms with Crippen LogP contribution in [0.1, 0.15) is 5.56 Å². The molecule has 1 aliphatic heterocycles. The van der Waals surface area contributed by atoms with Gasteiger partial charge in [-0.2, -0.15) is 17.0 Å². The van der Waals surface area contributed by atoms with Crippen LogP contribution in [-0.2, 0) is 9.84 Å². The van der Waals surface area contributed by atoms with Crippen LogP contribution in [0.5, 0.6) is 0 Å². The van der Waals surface area contributed by atoms with E-state index in [4.69, 9.17) is 11.6 Å². The Kier molecular flexibility index (Phi) is 4.29. The van der Waals surface area contributed by atoms with Crippen LogP contribution >= 0.6 is 23.4 Å². The van der Waals surface area contributed by atoms with Crippen molar-refractivity contribution in [3.63, 3.8) is 0 Å². The molecular formula is C12H13ClN2O2S2. The highest BCUT2D eigenvalue weighted by Crippen LogP contribution is 2.30. The third-order valence-electron chi connectivity index (χ3n) is 2.97. The molecule has 4 nitrogen and oxygen atoms in total. The van der Waals surface area contributed by atoms with E-state index >= 15 is 0 Å². The van der Waals surface area contributed by atoms with Crippen molar-refractivity contribution >= 4 is 38.9 Å². The number of anilines is 1. The second-order valence-corrected chi connectivity index (χ2v) is 8.12. The molecule has 19 heavy (non-hydrogen) atoms. The monoisotopic (exact) mass is 316 g/mol. The average Bonchev–Trinajstić information content (AvgIpc) is 2.37. The van der Waals surface area contributed by atoms with E-state index in [1.54, 1.807) is 34.9 Å². The highest BCUT2D eigenvalue weighted by molar-refractivity contribution is 8.01. The molecule has 0 radical (unpaired) electrons. The van der Waals surface area contributed by atoms with E-state index in [1.165, 1.54) is 6.26 Å². The van der Waals surface area contributed by atoms with Crippen molar-refractivity contribution in [2.24, 2.45) is 0 Å². The van der Waals surface area contributed by atoms with Crippen molar-refractivity contribution in [3.05, 3.63) is 28.8 Å². The van der Waals surface area contributed by atoms with Gasteiger partial charge in [-0.1, -0.05) is 11.6 Å². The fraction of sp³-hybridized carbons (Fsp3) is 0.417. The zero-order valence-corrected chi connectivity index (χ0v) is 12.7.